The number of anilines is 2. The summed E-state index contributed by atoms with van der Waals surface area (Å²) in [5.74, 6) is -0.234. The SMILES string of the molecule is CCS(=O)(=O)Nc1ccc(C(=O)Nc2ccccc2C)cc1. The van der Waals surface area contributed by atoms with E-state index in [2.05, 4.69) is 10.0 Å². The lowest BCUT2D eigenvalue weighted by molar-refractivity contribution is 0.102. The minimum absolute atomic E-state index is 0.00250. The molecule has 2 N–H and O–H groups in total. The van der Waals surface area contributed by atoms with Crippen LogP contribution in [0.3, 0.4) is 0 Å². The summed E-state index contributed by atoms with van der Waals surface area (Å²) in [6.07, 6.45) is 0. The lowest BCUT2D eigenvalue weighted by atomic mass is 10.1. The molecule has 0 saturated heterocycles. The molecule has 6 heteroatoms. The topological polar surface area (TPSA) is 75.3 Å². The monoisotopic (exact) mass is 318 g/mol. The van der Waals surface area contributed by atoms with Crippen LogP contribution in [0.1, 0.15) is 22.8 Å². The summed E-state index contributed by atoms with van der Waals surface area (Å²) in [5.41, 5.74) is 2.63. The number of benzene rings is 2. The molecule has 0 bridgehead atoms. The van der Waals surface area contributed by atoms with Crippen molar-refractivity contribution in [1.82, 2.24) is 0 Å². The molecule has 0 saturated carbocycles. The highest BCUT2D eigenvalue weighted by molar-refractivity contribution is 7.92. The minimum Gasteiger partial charge on any atom is -0.322 e. The van der Waals surface area contributed by atoms with Crippen LogP contribution in [0.25, 0.3) is 0 Å². The van der Waals surface area contributed by atoms with Gasteiger partial charge < -0.3 is 5.32 Å². The average molecular weight is 318 g/mol. The summed E-state index contributed by atoms with van der Waals surface area (Å²) < 4.78 is 25.4. The molecule has 5 nitrogen and oxygen atoms in total. The van der Waals surface area contributed by atoms with Gasteiger partial charge in [-0.2, -0.15) is 0 Å². The third-order valence-corrected chi connectivity index (χ3v) is 4.50. The highest BCUT2D eigenvalue weighted by atomic mass is 32.2. The van der Waals surface area contributed by atoms with Crippen molar-refractivity contribution >= 4 is 27.3 Å². The van der Waals surface area contributed by atoms with Gasteiger partial charge in [0, 0.05) is 16.9 Å². The number of carbonyl (C=O) groups is 1. The lowest BCUT2D eigenvalue weighted by Gasteiger charge is -2.09. The second kappa shape index (κ2) is 6.62. The first-order valence-corrected chi connectivity index (χ1v) is 8.54. The number of nitrogens with one attached hydrogen (secondary N) is 2. The van der Waals surface area contributed by atoms with Crippen LogP contribution in [-0.4, -0.2) is 20.1 Å². The fourth-order valence-corrected chi connectivity index (χ4v) is 2.49. The van der Waals surface area contributed by atoms with Crippen LogP contribution in [0.15, 0.2) is 48.5 Å². The van der Waals surface area contributed by atoms with Crippen molar-refractivity contribution in [3.63, 3.8) is 0 Å². The van der Waals surface area contributed by atoms with Crippen LogP contribution in [-0.2, 0) is 10.0 Å². The predicted octanol–water partition coefficient (Wildman–Crippen LogP) is 3.01. The maximum Gasteiger partial charge on any atom is 0.255 e. The number of aryl methyl sites for hydroxylation is 1. The van der Waals surface area contributed by atoms with Crippen molar-refractivity contribution in [2.45, 2.75) is 13.8 Å². The summed E-state index contributed by atoms with van der Waals surface area (Å²) in [6.45, 7) is 3.48. The third kappa shape index (κ3) is 4.08. The molecular formula is C16H18N2O3S. The van der Waals surface area contributed by atoms with Crippen molar-refractivity contribution in [3.8, 4) is 0 Å². The molecule has 0 heterocycles. The van der Waals surface area contributed by atoms with Crippen molar-refractivity contribution in [2.24, 2.45) is 0 Å². The average Bonchev–Trinajstić information content (AvgIpc) is 2.50. The summed E-state index contributed by atoms with van der Waals surface area (Å²) in [7, 11) is -3.31. The lowest BCUT2D eigenvalue weighted by Crippen LogP contribution is -2.15. The van der Waals surface area contributed by atoms with E-state index in [0.29, 0.717) is 11.3 Å². The summed E-state index contributed by atoms with van der Waals surface area (Å²) in [4.78, 5) is 12.2. The Hall–Kier alpha value is -2.34. The zero-order valence-corrected chi connectivity index (χ0v) is 13.3. The highest BCUT2D eigenvalue weighted by Crippen LogP contribution is 2.16. The summed E-state index contributed by atoms with van der Waals surface area (Å²) >= 11 is 0. The van der Waals surface area contributed by atoms with Crippen LogP contribution >= 0.6 is 0 Å². The van der Waals surface area contributed by atoms with Gasteiger partial charge in [0.1, 0.15) is 0 Å². The fraction of sp³-hybridized carbons (Fsp3) is 0.188. The first-order valence-electron chi connectivity index (χ1n) is 6.89. The molecule has 0 aliphatic carbocycles. The molecule has 116 valence electrons. The predicted molar refractivity (Wildman–Crippen MR) is 88.7 cm³/mol. The van der Waals surface area contributed by atoms with Crippen LogP contribution in [0.2, 0.25) is 0 Å². The highest BCUT2D eigenvalue weighted by Gasteiger charge is 2.09. The van der Waals surface area contributed by atoms with Gasteiger partial charge in [-0.05, 0) is 49.7 Å². The molecule has 22 heavy (non-hydrogen) atoms. The Morgan fingerprint density at radius 1 is 1.05 bits per heavy atom. The summed E-state index contributed by atoms with van der Waals surface area (Å²) in [5, 5.41) is 2.83. The quantitative estimate of drug-likeness (QED) is 0.890. The maximum atomic E-state index is 12.2. The largest absolute Gasteiger partial charge is 0.322 e. The van der Waals surface area contributed by atoms with E-state index < -0.39 is 10.0 Å². The van der Waals surface area contributed by atoms with E-state index in [1.807, 2.05) is 31.2 Å². The van der Waals surface area contributed by atoms with E-state index >= 15 is 0 Å². The summed E-state index contributed by atoms with van der Waals surface area (Å²) in [6, 6.07) is 13.8. The van der Waals surface area contributed by atoms with Crippen molar-refractivity contribution in [1.29, 1.82) is 0 Å². The zero-order chi connectivity index (χ0) is 16.2. The van der Waals surface area contributed by atoms with Gasteiger partial charge in [0.15, 0.2) is 0 Å². The van der Waals surface area contributed by atoms with Gasteiger partial charge in [0.05, 0.1) is 5.75 Å². The third-order valence-electron chi connectivity index (χ3n) is 3.19. The molecule has 0 aromatic heterocycles. The maximum absolute atomic E-state index is 12.2. The molecule has 0 aliphatic heterocycles. The smallest absolute Gasteiger partial charge is 0.255 e. The van der Waals surface area contributed by atoms with Crippen molar-refractivity contribution in [3.05, 3.63) is 59.7 Å². The molecule has 0 atom stereocenters. The number of hydrogen-bond donors (Lipinski definition) is 2. The standard InChI is InChI=1S/C16H18N2O3S/c1-3-22(20,21)18-14-10-8-13(9-11-14)16(19)17-15-7-5-4-6-12(15)2/h4-11,18H,3H2,1-2H3,(H,17,19). The molecule has 0 spiro atoms. The van der Waals surface area contributed by atoms with E-state index in [-0.39, 0.29) is 11.7 Å². The molecule has 1 amide bonds. The number of para-hydroxylation sites is 1. The molecule has 0 radical (unpaired) electrons. The second-order valence-corrected chi connectivity index (χ2v) is 6.86. The van der Waals surface area contributed by atoms with Crippen LogP contribution < -0.4 is 10.0 Å². The Morgan fingerprint density at radius 3 is 2.27 bits per heavy atom. The number of rotatable bonds is 5. The van der Waals surface area contributed by atoms with Gasteiger partial charge in [-0.3, -0.25) is 9.52 Å². The molecule has 0 aliphatic rings. The molecule has 2 rings (SSSR count). The second-order valence-electron chi connectivity index (χ2n) is 4.85. The van der Waals surface area contributed by atoms with Crippen LogP contribution in [0.4, 0.5) is 11.4 Å². The zero-order valence-electron chi connectivity index (χ0n) is 12.5. The van der Waals surface area contributed by atoms with E-state index in [9.17, 15) is 13.2 Å². The van der Waals surface area contributed by atoms with Gasteiger partial charge in [0.25, 0.3) is 5.91 Å². The van der Waals surface area contributed by atoms with E-state index in [1.54, 1.807) is 31.2 Å². The molecule has 2 aromatic carbocycles. The Balaban J connectivity index is 2.10. The number of sulfonamides is 1. The van der Waals surface area contributed by atoms with Crippen LogP contribution in [0, 0.1) is 6.92 Å². The molecular weight excluding hydrogens is 300 g/mol. The van der Waals surface area contributed by atoms with Gasteiger partial charge in [-0.25, -0.2) is 8.42 Å². The van der Waals surface area contributed by atoms with Gasteiger partial charge in [0.2, 0.25) is 10.0 Å². The van der Waals surface area contributed by atoms with E-state index in [0.717, 1.165) is 11.3 Å². The van der Waals surface area contributed by atoms with Crippen molar-refractivity contribution < 1.29 is 13.2 Å². The number of amides is 1. The molecule has 2 aromatic rings. The van der Waals surface area contributed by atoms with Gasteiger partial charge in [-0.1, -0.05) is 18.2 Å². The van der Waals surface area contributed by atoms with Crippen LogP contribution in [0.5, 0.6) is 0 Å². The first-order chi connectivity index (χ1) is 10.4. The Labute approximate surface area is 130 Å². The Morgan fingerprint density at radius 2 is 1.68 bits per heavy atom. The Kier molecular flexibility index (Phi) is 4.82. The Bertz CT molecular complexity index is 768. The molecule has 0 fully saturated rings. The van der Waals surface area contributed by atoms with Crippen molar-refractivity contribution in [2.75, 3.05) is 15.8 Å². The van der Waals surface area contributed by atoms with Gasteiger partial charge >= 0.3 is 0 Å². The fourth-order valence-electron chi connectivity index (χ4n) is 1.85. The normalized spacial score (nSPS) is 11.0. The number of carbonyl (C=O) groups excluding carboxylic acids is 1. The minimum atomic E-state index is -3.31. The number of hydrogen-bond acceptors (Lipinski definition) is 3. The van der Waals surface area contributed by atoms with E-state index in [1.165, 1.54) is 0 Å². The molecule has 0 unspecified atom stereocenters. The first kappa shape index (κ1) is 16.0. The van der Waals surface area contributed by atoms with E-state index in [4.69, 9.17) is 0 Å². The van der Waals surface area contributed by atoms with Gasteiger partial charge in [-0.15, -0.1) is 0 Å².